The molecule has 0 saturated heterocycles. The number of nitrogens with zero attached hydrogens (tertiary/aromatic N) is 5. The van der Waals surface area contributed by atoms with E-state index >= 15 is 0 Å². The first kappa shape index (κ1) is 26.4. The number of benzene rings is 2. The lowest BCUT2D eigenvalue weighted by atomic mass is 10.1. The van der Waals surface area contributed by atoms with E-state index in [2.05, 4.69) is 38.5 Å². The van der Waals surface area contributed by atoms with E-state index in [4.69, 9.17) is 28.9 Å². The summed E-state index contributed by atoms with van der Waals surface area (Å²) in [5, 5.41) is 4.61. The van der Waals surface area contributed by atoms with Crippen LogP contribution in [-0.4, -0.2) is 23.8 Å². The molecule has 5 aromatic heterocycles. The Morgan fingerprint density at radius 2 is 1.20 bits per heavy atom. The number of fused-ring (bicyclic) bond motifs is 2. The van der Waals surface area contributed by atoms with Gasteiger partial charge in [0.2, 0.25) is 0 Å². The van der Waals surface area contributed by atoms with E-state index in [9.17, 15) is 0 Å². The van der Waals surface area contributed by atoms with Crippen LogP contribution < -0.4 is 11.1 Å². The van der Waals surface area contributed by atoms with Crippen LogP contribution >= 0.6 is 23.2 Å². The third-order valence-corrected chi connectivity index (χ3v) is 7.16. The quantitative estimate of drug-likeness (QED) is 0.217. The van der Waals surface area contributed by atoms with Gasteiger partial charge >= 0.3 is 0 Å². The van der Waals surface area contributed by atoms with Gasteiger partial charge < -0.3 is 11.1 Å². The minimum absolute atomic E-state index is 0.560. The molecule has 0 fully saturated rings. The number of anilines is 2. The molecule has 7 nitrogen and oxygen atoms in total. The average molecular weight is 579 g/mol. The molecule has 7 aromatic rings. The zero-order chi connectivity index (χ0) is 28.2. The molecular weight excluding hydrogens is 553 g/mol. The van der Waals surface area contributed by atoms with Crippen molar-refractivity contribution in [3.05, 3.63) is 138 Å². The van der Waals surface area contributed by atoms with Crippen molar-refractivity contribution in [2.75, 3.05) is 11.1 Å². The van der Waals surface area contributed by atoms with Crippen molar-refractivity contribution in [3.63, 3.8) is 0 Å². The number of nitrogens with two attached hydrogens (primary N) is 1. The van der Waals surface area contributed by atoms with Crippen molar-refractivity contribution in [2.45, 2.75) is 6.54 Å². The van der Waals surface area contributed by atoms with E-state index in [1.54, 1.807) is 29.2 Å². The highest BCUT2D eigenvalue weighted by molar-refractivity contribution is 6.30. The third-order valence-electron chi connectivity index (χ3n) is 6.60. The van der Waals surface area contributed by atoms with Gasteiger partial charge in [-0.05, 0) is 41.0 Å². The Kier molecular flexibility index (Phi) is 7.54. The maximum absolute atomic E-state index is 6.29. The molecule has 0 aliphatic heterocycles. The summed E-state index contributed by atoms with van der Waals surface area (Å²) >= 11 is 12.3. The Morgan fingerprint density at radius 3 is 1.80 bits per heavy atom. The highest BCUT2D eigenvalue weighted by Crippen LogP contribution is 2.29. The van der Waals surface area contributed by atoms with E-state index in [1.165, 1.54) is 0 Å². The molecule has 202 valence electrons. The molecule has 0 amide bonds. The summed E-state index contributed by atoms with van der Waals surface area (Å²) in [5.74, 6) is 0. The molecule has 0 spiro atoms. The second-order valence-corrected chi connectivity index (χ2v) is 10.1. The van der Waals surface area contributed by atoms with E-state index < -0.39 is 0 Å². The van der Waals surface area contributed by atoms with Crippen molar-refractivity contribution >= 4 is 45.9 Å². The van der Waals surface area contributed by atoms with Gasteiger partial charge in [0, 0.05) is 42.5 Å². The molecular formula is C32H25Cl2N7. The molecule has 0 bridgehead atoms. The van der Waals surface area contributed by atoms with E-state index in [-0.39, 0.29) is 0 Å². The number of nitrogen functional groups attached to an aromatic ring is 1. The lowest BCUT2D eigenvalue weighted by molar-refractivity contribution is 1.11. The van der Waals surface area contributed by atoms with Crippen LogP contribution in [0, 0.1) is 0 Å². The highest BCUT2D eigenvalue weighted by Gasteiger charge is 2.10. The minimum atomic E-state index is 0.560. The lowest BCUT2D eigenvalue weighted by Gasteiger charge is -2.11. The van der Waals surface area contributed by atoms with Gasteiger partial charge in [-0.2, -0.15) is 0 Å². The van der Waals surface area contributed by atoms with Crippen LogP contribution in [-0.2, 0) is 6.54 Å². The first-order valence-electron chi connectivity index (χ1n) is 12.9. The fourth-order valence-corrected chi connectivity index (χ4v) is 4.90. The Morgan fingerprint density at radius 1 is 0.659 bits per heavy atom. The second kappa shape index (κ2) is 11.7. The molecule has 0 atom stereocenters. The Bertz CT molecular complexity index is 1920. The minimum Gasteiger partial charge on any atom is -0.396 e. The largest absolute Gasteiger partial charge is 0.396 e. The fourth-order valence-electron chi connectivity index (χ4n) is 4.55. The maximum atomic E-state index is 6.29. The van der Waals surface area contributed by atoms with Crippen LogP contribution in [0.2, 0.25) is 10.3 Å². The second-order valence-electron chi connectivity index (χ2n) is 9.32. The molecule has 0 aliphatic rings. The molecule has 41 heavy (non-hydrogen) atoms. The van der Waals surface area contributed by atoms with Gasteiger partial charge in [0.15, 0.2) is 11.3 Å². The molecule has 3 N–H and O–H groups in total. The highest BCUT2D eigenvalue weighted by atomic mass is 35.5. The van der Waals surface area contributed by atoms with E-state index in [0.29, 0.717) is 28.2 Å². The zero-order valence-corrected chi connectivity index (χ0v) is 23.3. The summed E-state index contributed by atoms with van der Waals surface area (Å²) in [5.41, 5.74) is 14.5. The van der Waals surface area contributed by atoms with Crippen molar-refractivity contribution < 1.29 is 0 Å². The van der Waals surface area contributed by atoms with Crippen molar-refractivity contribution in [1.82, 2.24) is 23.8 Å². The smallest absolute Gasteiger partial charge is 0.161 e. The van der Waals surface area contributed by atoms with Gasteiger partial charge in [-0.3, -0.25) is 13.8 Å². The van der Waals surface area contributed by atoms with Crippen molar-refractivity contribution in [2.24, 2.45) is 0 Å². The van der Waals surface area contributed by atoms with Crippen LogP contribution in [0.3, 0.4) is 0 Å². The predicted molar refractivity (Wildman–Crippen MR) is 167 cm³/mol. The van der Waals surface area contributed by atoms with E-state index in [0.717, 1.165) is 39.2 Å². The van der Waals surface area contributed by atoms with Crippen LogP contribution in [0.5, 0.6) is 0 Å². The molecule has 0 radical (unpaired) electrons. The maximum Gasteiger partial charge on any atom is 0.161 e. The normalized spacial score (nSPS) is 10.9. The lowest BCUT2D eigenvalue weighted by Crippen LogP contribution is -2.02. The summed E-state index contributed by atoms with van der Waals surface area (Å²) < 4.78 is 3.69. The van der Waals surface area contributed by atoms with Gasteiger partial charge in [0.25, 0.3) is 0 Å². The number of imidazole rings is 2. The number of aromatic nitrogens is 5. The molecule has 9 heteroatoms. The summed E-state index contributed by atoms with van der Waals surface area (Å²) in [6, 6.07) is 28.3. The first-order valence-corrected chi connectivity index (χ1v) is 13.6. The average Bonchev–Trinajstić information content (AvgIpc) is 3.60. The summed E-state index contributed by atoms with van der Waals surface area (Å²) in [6.07, 6.45) is 10.8. The zero-order valence-electron chi connectivity index (χ0n) is 21.8. The number of pyridine rings is 3. The fraction of sp³-hybridized carbons (Fsp3) is 0.0312. The molecule has 0 aliphatic carbocycles. The molecule has 0 saturated carbocycles. The SMILES string of the molecule is Clc1cnc2c(NCc3ccncc3)cc(-c3ccccc3)cn12.Nc1cc(-c2ccccc2)cn2c(Cl)cnc12. The van der Waals surface area contributed by atoms with Crippen molar-refractivity contribution in [1.29, 1.82) is 0 Å². The van der Waals surface area contributed by atoms with Crippen LogP contribution in [0.15, 0.2) is 122 Å². The predicted octanol–water partition coefficient (Wildman–Crippen LogP) is 7.90. The van der Waals surface area contributed by atoms with Gasteiger partial charge in [-0.15, -0.1) is 0 Å². The van der Waals surface area contributed by atoms with Gasteiger partial charge in [-0.25, -0.2) is 9.97 Å². The molecule has 2 aromatic carbocycles. The summed E-state index contributed by atoms with van der Waals surface area (Å²) in [4.78, 5) is 12.6. The van der Waals surface area contributed by atoms with E-state index in [1.807, 2.05) is 83.5 Å². The number of nitrogens with one attached hydrogen (secondary N) is 1. The standard InChI is InChI=1S/C19H15ClN4.C13H10ClN3/c20-18-12-23-19-17(22-11-14-6-8-21-9-7-14)10-16(13-24(18)19)15-4-2-1-3-5-15;14-12-7-16-13-11(15)6-10(8-17(12)13)9-4-2-1-3-5-9/h1-10,12-13,22H,11H2;1-8H,15H2. The van der Waals surface area contributed by atoms with Gasteiger partial charge in [0.05, 0.1) is 23.8 Å². The Labute approximate surface area is 246 Å². The summed E-state index contributed by atoms with van der Waals surface area (Å²) in [7, 11) is 0. The Hall–Kier alpha value is -4.85. The van der Waals surface area contributed by atoms with Gasteiger partial charge in [-0.1, -0.05) is 83.9 Å². The number of hydrogen-bond acceptors (Lipinski definition) is 5. The Balaban J connectivity index is 0.000000156. The van der Waals surface area contributed by atoms with Gasteiger partial charge in [0.1, 0.15) is 10.3 Å². The number of halogens is 2. The molecule has 0 unspecified atom stereocenters. The monoisotopic (exact) mass is 577 g/mol. The van der Waals surface area contributed by atoms with Crippen molar-refractivity contribution in [3.8, 4) is 22.3 Å². The third kappa shape index (κ3) is 5.72. The van der Waals surface area contributed by atoms with Crippen LogP contribution in [0.1, 0.15) is 5.56 Å². The summed E-state index contributed by atoms with van der Waals surface area (Å²) in [6.45, 7) is 0.695. The topological polar surface area (TPSA) is 85.5 Å². The molecule has 5 heterocycles. The number of hydrogen-bond donors (Lipinski definition) is 2. The molecule has 7 rings (SSSR count). The van der Waals surface area contributed by atoms with Crippen LogP contribution in [0.25, 0.3) is 33.5 Å². The van der Waals surface area contributed by atoms with Crippen LogP contribution in [0.4, 0.5) is 11.4 Å². The number of rotatable bonds is 5. The first-order chi connectivity index (χ1) is 20.1.